The van der Waals surface area contributed by atoms with E-state index < -0.39 is 5.60 Å². The second-order valence-electron chi connectivity index (χ2n) is 4.70. The number of aliphatic hydroxyl groups is 1. The van der Waals surface area contributed by atoms with Crippen molar-refractivity contribution in [1.29, 1.82) is 0 Å². The van der Waals surface area contributed by atoms with Gasteiger partial charge in [0.2, 0.25) is 0 Å². The first kappa shape index (κ1) is 14.4. The summed E-state index contributed by atoms with van der Waals surface area (Å²) < 4.78 is 5.82. The largest absolute Gasteiger partial charge is 0.508 e. The normalized spacial score (nSPS) is 11.5. The second-order valence-corrected chi connectivity index (χ2v) is 4.70. The lowest BCUT2D eigenvalue weighted by molar-refractivity contribution is -0.0214. The molecule has 0 aliphatic carbocycles. The van der Waals surface area contributed by atoms with E-state index in [1.54, 1.807) is 48.5 Å². The maximum Gasteiger partial charge on any atom is 0.115 e. The molecule has 4 nitrogen and oxygen atoms in total. The molecule has 0 fully saturated rings. The summed E-state index contributed by atoms with van der Waals surface area (Å²) in [4.78, 5) is 0. The molecule has 0 aliphatic heterocycles. The summed E-state index contributed by atoms with van der Waals surface area (Å²) in [6, 6.07) is 13.5. The van der Waals surface area contributed by atoms with Crippen LogP contribution in [0, 0.1) is 0 Å². The molecular formula is C16H18O4. The molecule has 0 aliphatic rings. The van der Waals surface area contributed by atoms with E-state index in [2.05, 4.69) is 0 Å². The third kappa shape index (κ3) is 2.92. The van der Waals surface area contributed by atoms with Gasteiger partial charge in [0, 0.05) is 0 Å². The molecule has 0 unspecified atom stereocenters. The Balaban J connectivity index is 2.43. The van der Waals surface area contributed by atoms with E-state index in [1.165, 1.54) is 0 Å². The van der Waals surface area contributed by atoms with Crippen LogP contribution in [0.15, 0.2) is 48.5 Å². The fourth-order valence-electron chi connectivity index (χ4n) is 2.14. The minimum atomic E-state index is -0.760. The zero-order valence-electron chi connectivity index (χ0n) is 11.3. The number of aromatic hydroxyl groups is 2. The van der Waals surface area contributed by atoms with Gasteiger partial charge in [0.15, 0.2) is 0 Å². The molecule has 106 valence electrons. The summed E-state index contributed by atoms with van der Waals surface area (Å²) >= 11 is 0. The average molecular weight is 274 g/mol. The van der Waals surface area contributed by atoms with Crippen LogP contribution in [0.1, 0.15) is 18.1 Å². The minimum Gasteiger partial charge on any atom is -0.508 e. The highest BCUT2D eigenvalue weighted by atomic mass is 16.5. The maximum absolute atomic E-state index is 9.39. The Morgan fingerprint density at radius 3 is 1.60 bits per heavy atom. The molecule has 2 aromatic rings. The highest BCUT2D eigenvalue weighted by Crippen LogP contribution is 2.34. The third-order valence-electron chi connectivity index (χ3n) is 3.32. The van der Waals surface area contributed by atoms with E-state index >= 15 is 0 Å². The van der Waals surface area contributed by atoms with E-state index in [0.29, 0.717) is 0 Å². The Labute approximate surface area is 117 Å². The van der Waals surface area contributed by atoms with Crippen LogP contribution in [0.25, 0.3) is 0 Å². The van der Waals surface area contributed by atoms with Gasteiger partial charge in [-0.2, -0.15) is 0 Å². The molecule has 0 atom stereocenters. The lowest BCUT2D eigenvalue weighted by atomic mass is 9.88. The van der Waals surface area contributed by atoms with E-state index in [0.717, 1.165) is 11.1 Å². The fraction of sp³-hybridized carbons (Fsp3) is 0.250. The zero-order chi connectivity index (χ0) is 14.6. The lowest BCUT2D eigenvalue weighted by Crippen LogP contribution is -2.28. The van der Waals surface area contributed by atoms with Crippen molar-refractivity contribution < 1.29 is 20.1 Å². The van der Waals surface area contributed by atoms with E-state index in [9.17, 15) is 10.2 Å². The van der Waals surface area contributed by atoms with Crippen LogP contribution < -0.4 is 0 Å². The smallest absolute Gasteiger partial charge is 0.115 e. The van der Waals surface area contributed by atoms with Crippen molar-refractivity contribution in [2.24, 2.45) is 0 Å². The second kappa shape index (κ2) is 5.94. The summed E-state index contributed by atoms with van der Waals surface area (Å²) in [5.74, 6) is 0.368. The molecular weight excluding hydrogens is 256 g/mol. The van der Waals surface area contributed by atoms with Gasteiger partial charge in [-0.05, 0) is 42.3 Å². The highest BCUT2D eigenvalue weighted by molar-refractivity contribution is 5.40. The topological polar surface area (TPSA) is 69.9 Å². The van der Waals surface area contributed by atoms with Gasteiger partial charge in [0.25, 0.3) is 0 Å². The Kier molecular flexibility index (Phi) is 4.27. The quantitative estimate of drug-likeness (QED) is 0.783. The average Bonchev–Trinajstić information content (AvgIpc) is 2.46. The number of rotatable bonds is 5. The van der Waals surface area contributed by atoms with Gasteiger partial charge in [0.05, 0.1) is 13.2 Å². The molecule has 0 heterocycles. The van der Waals surface area contributed by atoms with Gasteiger partial charge < -0.3 is 20.1 Å². The highest BCUT2D eigenvalue weighted by Gasteiger charge is 2.29. The van der Waals surface area contributed by atoms with Crippen LogP contribution >= 0.6 is 0 Å². The first-order valence-corrected chi connectivity index (χ1v) is 6.40. The van der Waals surface area contributed by atoms with Gasteiger partial charge >= 0.3 is 0 Å². The molecule has 0 radical (unpaired) electrons. The zero-order valence-corrected chi connectivity index (χ0v) is 11.3. The van der Waals surface area contributed by atoms with Gasteiger partial charge in [0.1, 0.15) is 17.1 Å². The number of phenols is 2. The first-order valence-electron chi connectivity index (χ1n) is 6.40. The molecule has 0 amide bonds. The molecule has 20 heavy (non-hydrogen) atoms. The Bertz CT molecular complexity index is 500. The molecule has 4 heteroatoms. The maximum atomic E-state index is 9.39. The summed E-state index contributed by atoms with van der Waals surface area (Å²) in [6.07, 6.45) is 0. The van der Waals surface area contributed by atoms with Gasteiger partial charge in [-0.15, -0.1) is 0 Å². The Morgan fingerprint density at radius 1 is 0.850 bits per heavy atom. The standard InChI is InChI=1S/C16H18O4/c1-16(20-11-10-17,12-2-6-14(18)7-3-12)13-4-8-15(19)9-5-13/h2-9,17-19H,10-11H2,1H3. The predicted molar refractivity (Wildman–Crippen MR) is 75.7 cm³/mol. The molecule has 2 aromatic carbocycles. The number of benzene rings is 2. The van der Waals surface area contributed by atoms with Crippen LogP contribution in [0.5, 0.6) is 11.5 Å². The van der Waals surface area contributed by atoms with Crippen molar-refractivity contribution in [1.82, 2.24) is 0 Å². The first-order chi connectivity index (χ1) is 9.56. The number of ether oxygens (including phenoxy) is 1. The van der Waals surface area contributed by atoms with Crippen molar-refractivity contribution in [2.45, 2.75) is 12.5 Å². The monoisotopic (exact) mass is 274 g/mol. The van der Waals surface area contributed by atoms with Gasteiger partial charge in [-0.1, -0.05) is 24.3 Å². The van der Waals surface area contributed by atoms with Crippen molar-refractivity contribution in [3.8, 4) is 11.5 Å². The number of hydrogen-bond acceptors (Lipinski definition) is 4. The lowest BCUT2D eigenvalue weighted by Gasteiger charge is -2.31. The SMILES string of the molecule is CC(OCCO)(c1ccc(O)cc1)c1ccc(O)cc1. The number of aliphatic hydroxyl groups excluding tert-OH is 1. The molecule has 0 saturated carbocycles. The molecule has 3 N–H and O–H groups in total. The van der Waals surface area contributed by atoms with Crippen molar-refractivity contribution >= 4 is 0 Å². The summed E-state index contributed by atoms with van der Waals surface area (Å²) in [5, 5.41) is 27.8. The summed E-state index contributed by atoms with van der Waals surface area (Å²) in [5.41, 5.74) is 0.952. The molecule has 2 rings (SSSR count). The van der Waals surface area contributed by atoms with Crippen LogP contribution in [0.2, 0.25) is 0 Å². The Morgan fingerprint density at radius 2 is 1.25 bits per heavy atom. The molecule has 0 aromatic heterocycles. The van der Waals surface area contributed by atoms with Crippen LogP contribution in [-0.2, 0) is 10.3 Å². The molecule has 0 saturated heterocycles. The van der Waals surface area contributed by atoms with Crippen molar-refractivity contribution in [3.63, 3.8) is 0 Å². The summed E-state index contributed by atoms with van der Waals surface area (Å²) in [6.45, 7) is 2.01. The van der Waals surface area contributed by atoms with Crippen LogP contribution in [-0.4, -0.2) is 28.5 Å². The minimum absolute atomic E-state index is 0.0776. The third-order valence-corrected chi connectivity index (χ3v) is 3.32. The van der Waals surface area contributed by atoms with Crippen LogP contribution in [0.4, 0.5) is 0 Å². The summed E-state index contributed by atoms with van der Waals surface area (Å²) in [7, 11) is 0. The van der Waals surface area contributed by atoms with E-state index in [1.807, 2.05) is 6.92 Å². The van der Waals surface area contributed by atoms with E-state index in [-0.39, 0.29) is 24.7 Å². The van der Waals surface area contributed by atoms with Crippen LogP contribution in [0.3, 0.4) is 0 Å². The fourth-order valence-corrected chi connectivity index (χ4v) is 2.14. The predicted octanol–water partition coefficient (Wildman–Crippen LogP) is 2.37. The number of phenolic OH excluding ortho intramolecular Hbond substituents is 2. The van der Waals surface area contributed by atoms with Gasteiger partial charge in [-0.25, -0.2) is 0 Å². The van der Waals surface area contributed by atoms with Crippen molar-refractivity contribution in [2.75, 3.05) is 13.2 Å². The van der Waals surface area contributed by atoms with Gasteiger partial charge in [-0.3, -0.25) is 0 Å². The van der Waals surface area contributed by atoms with E-state index in [4.69, 9.17) is 9.84 Å². The molecule has 0 spiro atoms. The Hall–Kier alpha value is -2.04. The number of hydrogen-bond donors (Lipinski definition) is 3. The molecule has 0 bridgehead atoms. The van der Waals surface area contributed by atoms with Crippen molar-refractivity contribution in [3.05, 3.63) is 59.7 Å².